The summed E-state index contributed by atoms with van der Waals surface area (Å²) in [6, 6.07) is 35.0. The van der Waals surface area contributed by atoms with E-state index in [-0.39, 0.29) is 23.0 Å². The predicted molar refractivity (Wildman–Crippen MR) is 208 cm³/mol. The molecule has 54 heavy (non-hydrogen) atoms. The molecule has 7 rings (SSSR count). The van der Waals surface area contributed by atoms with Crippen LogP contribution in [-0.4, -0.2) is 63.2 Å². The molecule has 12 heteroatoms. The van der Waals surface area contributed by atoms with Crippen LogP contribution in [0.25, 0.3) is 11.2 Å². The van der Waals surface area contributed by atoms with Crippen LogP contribution in [0, 0.1) is 5.92 Å². The van der Waals surface area contributed by atoms with Gasteiger partial charge in [-0.15, -0.1) is 0 Å². The quantitative estimate of drug-likeness (QED) is 0.111. The molecule has 0 unspecified atom stereocenters. The monoisotopic (exact) mass is 743 g/mol. The van der Waals surface area contributed by atoms with Crippen molar-refractivity contribution in [1.82, 2.24) is 19.5 Å². The number of anilines is 1. The summed E-state index contributed by atoms with van der Waals surface area (Å²) in [6.45, 7) is 1.92. The highest BCUT2D eigenvalue weighted by Gasteiger charge is 2.41. The summed E-state index contributed by atoms with van der Waals surface area (Å²) in [7, 11) is 3.30. The SMILES string of the molecule is COc1ccc(C(OCC[C@H]2O[C@@H](n3cnc4c(NC(=O)c5ccccc5)ncnc43)C[C@@H]2CSC(C)=O)(c2ccccc2)c2ccc(OC)cc2)cc1. The van der Waals surface area contributed by atoms with Crippen LogP contribution >= 0.6 is 11.8 Å². The van der Waals surface area contributed by atoms with Crippen molar-refractivity contribution in [2.75, 3.05) is 31.9 Å². The number of hydrogen-bond donors (Lipinski definition) is 1. The molecule has 0 spiro atoms. The molecule has 2 aromatic heterocycles. The molecular weight excluding hydrogens is 703 g/mol. The zero-order valence-electron chi connectivity index (χ0n) is 30.3. The number of amides is 1. The number of carbonyl (C=O) groups excluding carboxylic acids is 2. The van der Waals surface area contributed by atoms with Crippen LogP contribution in [0.3, 0.4) is 0 Å². The van der Waals surface area contributed by atoms with Gasteiger partial charge in [-0.3, -0.25) is 14.2 Å². The van der Waals surface area contributed by atoms with Gasteiger partial charge in [-0.25, -0.2) is 15.0 Å². The lowest BCUT2D eigenvalue weighted by atomic mass is 9.80. The molecule has 3 heterocycles. The average molecular weight is 744 g/mol. The number of carbonyl (C=O) groups is 2. The van der Waals surface area contributed by atoms with E-state index in [4.69, 9.17) is 18.9 Å². The summed E-state index contributed by atoms with van der Waals surface area (Å²) in [5.74, 6) is 2.14. The number of fused-ring (bicyclic) bond motifs is 1. The van der Waals surface area contributed by atoms with Crippen molar-refractivity contribution in [3.8, 4) is 11.5 Å². The molecule has 4 aromatic carbocycles. The highest BCUT2D eigenvalue weighted by molar-refractivity contribution is 8.13. The van der Waals surface area contributed by atoms with Crippen LogP contribution in [0.2, 0.25) is 0 Å². The molecule has 1 aliphatic rings. The third kappa shape index (κ3) is 7.72. The summed E-state index contributed by atoms with van der Waals surface area (Å²) in [4.78, 5) is 38.5. The van der Waals surface area contributed by atoms with Crippen molar-refractivity contribution < 1.29 is 28.5 Å². The summed E-state index contributed by atoms with van der Waals surface area (Å²) < 4.78 is 26.8. The van der Waals surface area contributed by atoms with Gasteiger partial charge >= 0.3 is 0 Å². The van der Waals surface area contributed by atoms with E-state index in [0.717, 1.165) is 28.2 Å². The molecule has 0 aliphatic carbocycles. The third-order valence-electron chi connectivity index (χ3n) is 9.69. The van der Waals surface area contributed by atoms with Crippen LogP contribution in [0.5, 0.6) is 11.5 Å². The fraction of sp³-hybridized carbons (Fsp3) is 0.262. The summed E-state index contributed by atoms with van der Waals surface area (Å²) in [6.07, 6.45) is 3.62. The molecule has 1 fully saturated rings. The Morgan fingerprint density at radius 3 is 2.06 bits per heavy atom. The van der Waals surface area contributed by atoms with E-state index < -0.39 is 11.8 Å². The molecular formula is C42H41N5O6S. The molecule has 0 saturated carbocycles. The van der Waals surface area contributed by atoms with Crippen molar-refractivity contribution in [3.05, 3.63) is 144 Å². The first-order valence-electron chi connectivity index (χ1n) is 17.7. The average Bonchev–Trinajstić information content (AvgIpc) is 3.84. The van der Waals surface area contributed by atoms with E-state index in [1.54, 1.807) is 51.7 Å². The number of imidazole rings is 1. The van der Waals surface area contributed by atoms with E-state index in [0.29, 0.717) is 47.7 Å². The second-order valence-corrected chi connectivity index (χ2v) is 14.1. The van der Waals surface area contributed by atoms with Crippen LogP contribution in [0.15, 0.2) is 122 Å². The zero-order valence-corrected chi connectivity index (χ0v) is 31.1. The van der Waals surface area contributed by atoms with Crippen molar-refractivity contribution in [3.63, 3.8) is 0 Å². The Kier molecular flexibility index (Phi) is 11.3. The van der Waals surface area contributed by atoms with Gasteiger partial charge in [0.1, 0.15) is 29.7 Å². The van der Waals surface area contributed by atoms with Gasteiger partial charge < -0.3 is 24.3 Å². The summed E-state index contributed by atoms with van der Waals surface area (Å²) in [5, 5.41) is 2.92. The minimum Gasteiger partial charge on any atom is -0.497 e. The molecule has 6 aromatic rings. The molecule has 0 radical (unpaired) electrons. The highest BCUT2D eigenvalue weighted by atomic mass is 32.2. The Balaban J connectivity index is 1.17. The second-order valence-electron chi connectivity index (χ2n) is 12.9. The van der Waals surface area contributed by atoms with E-state index in [9.17, 15) is 9.59 Å². The molecule has 11 nitrogen and oxygen atoms in total. The molecule has 276 valence electrons. The van der Waals surface area contributed by atoms with Gasteiger partial charge in [-0.1, -0.05) is 84.6 Å². The smallest absolute Gasteiger partial charge is 0.256 e. The number of benzene rings is 4. The Hall–Kier alpha value is -5.56. The third-order valence-corrected chi connectivity index (χ3v) is 10.7. The van der Waals surface area contributed by atoms with Crippen LogP contribution in [-0.2, 0) is 19.9 Å². The molecule has 1 amide bonds. The molecule has 1 saturated heterocycles. The molecule has 3 atom stereocenters. The van der Waals surface area contributed by atoms with Gasteiger partial charge in [-0.05, 0) is 71.8 Å². The van der Waals surface area contributed by atoms with Crippen LogP contribution < -0.4 is 14.8 Å². The topological polar surface area (TPSA) is 127 Å². The van der Waals surface area contributed by atoms with Gasteiger partial charge in [0.05, 0.1) is 33.3 Å². The largest absolute Gasteiger partial charge is 0.497 e. The Labute approximate surface area is 318 Å². The first kappa shape index (κ1) is 36.8. The van der Waals surface area contributed by atoms with E-state index in [2.05, 4.69) is 32.4 Å². The first-order valence-corrected chi connectivity index (χ1v) is 18.7. The van der Waals surface area contributed by atoms with Crippen molar-refractivity contribution in [2.45, 2.75) is 37.7 Å². The van der Waals surface area contributed by atoms with Crippen molar-refractivity contribution in [2.24, 2.45) is 5.92 Å². The summed E-state index contributed by atoms with van der Waals surface area (Å²) >= 11 is 1.30. The number of nitrogens with zero attached hydrogens (tertiary/aromatic N) is 4. The lowest BCUT2D eigenvalue weighted by Gasteiger charge is -2.36. The van der Waals surface area contributed by atoms with Crippen molar-refractivity contribution >= 4 is 39.8 Å². The molecule has 0 bridgehead atoms. The van der Waals surface area contributed by atoms with Gasteiger partial charge in [0.25, 0.3) is 5.91 Å². The van der Waals surface area contributed by atoms with Crippen LogP contribution in [0.1, 0.15) is 53.0 Å². The second kappa shape index (κ2) is 16.6. The van der Waals surface area contributed by atoms with Crippen molar-refractivity contribution in [1.29, 1.82) is 0 Å². The standard InChI is InChI=1S/C42H41N5O6S/c1-28(48)54-25-30-24-37(47-27-45-38-39(43-26-44-40(38)47)46-41(49)29-10-6-4-7-11-29)53-36(30)22-23-52-42(31-12-8-5-9-13-31,32-14-18-34(50-2)19-15-32)33-16-20-35(51-3)21-17-33/h4-21,26-27,30,36-37H,22-25H2,1-3H3,(H,43,44,46,49)/t30-,36-,37-/m1/s1. The van der Waals surface area contributed by atoms with E-state index in [1.807, 2.05) is 77.4 Å². The normalized spacial score (nSPS) is 17.0. The maximum absolute atomic E-state index is 13.0. The predicted octanol–water partition coefficient (Wildman–Crippen LogP) is 7.68. The Bertz CT molecular complexity index is 2130. The summed E-state index contributed by atoms with van der Waals surface area (Å²) in [5.41, 5.74) is 3.37. The Morgan fingerprint density at radius 1 is 0.833 bits per heavy atom. The lowest BCUT2D eigenvalue weighted by molar-refractivity contribution is -0.109. The van der Waals surface area contributed by atoms with Gasteiger partial charge in [0.15, 0.2) is 22.1 Å². The number of methoxy groups -OCH3 is 2. The molecule has 1 aliphatic heterocycles. The number of aromatic nitrogens is 4. The van der Waals surface area contributed by atoms with Gasteiger partial charge in [0.2, 0.25) is 0 Å². The fourth-order valence-corrected chi connectivity index (χ4v) is 7.79. The van der Waals surface area contributed by atoms with Crippen LogP contribution in [0.4, 0.5) is 5.82 Å². The minimum atomic E-state index is -0.973. The first-order chi connectivity index (χ1) is 26.4. The van der Waals surface area contributed by atoms with E-state index >= 15 is 0 Å². The van der Waals surface area contributed by atoms with Gasteiger partial charge in [0, 0.05) is 18.2 Å². The number of ether oxygens (including phenoxy) is 4. The maximum atomic E-state index is 13.0. The lowest BCUT2D eigenvalue weighted by Crippen LogP contribution is -2.34. The molecule has 1 N–H and O–H groups in total. The minimum absolute atomic E-state index is 0.0390. The fourth-order valence-electron chi connectivity index (χ4n) is 6.99. The number of rotatable bonds is 14. The Morgan fingerprint density at radius 2 is 1.44 bits per heavy atom. The highest BCUT2D eigenvalue weighted by Crippen LogP contribution is 2.43. The van der Waals surface area contributed by atoms with E-state index in [1.165, 1.54) is 18.1 Å². The number of thioether (sulfide) groups is 1. The maximum Gasteiger partial charge on any atom is 0.256 e. The van der Waals surface area contributed by atoms with Gasteiger partial charge in [-0.2, -0.15) is 0 Å². The number of nitrogens with one attached hydrogen (secondary N) is 1. The number of hydrogen-bond acceptors (Lipinski definition) is 10. The zero-order chi connectivity index (χ0) is 37.5.